The van der Waals surface area contributed by atoms with Crippen molar-refractivity contribution in [3.63, 3.8) is 0 Å². The van der Waals surface area contributed by atoms with E-state index in [1.807, 2.05) is 0 Å². The molecule has 1 aromatic carbocycles. The molecule has 2 N–H and O–H groups in total. The summed E-state index contributed by atoms with van der Waals surface area (Å²) < 4.78 is 14.7. The summed E-state index contributed by atoms with van der Waals surface area (Å²) in [4.78, 5) is 11.8. The summed E-state index contributed by atoms with van der Waals surface area (Å²) >= 11 is 0. The molecule has 100 valence electrons. The first-order valence-electron chi connectivity index (χ1n) is 5.67. The standard InChI is InChI=1S/C12H13FN4O2/c1-17-7-15-16-11(17)4-5-14-12(19)9-6-8(13)2-3-10(9)18/h2-3,6-7,18H,4-5H2,1H3,(H,14,19). The minimum atomic E-state index is -0.573. The number of amides is 1. The van der Waals surface area contributed by atoms with E-state index >= 15 is 0 Å². The summed E-state index contributed by atoms with van der Waals surface area (Å²) in [5.41, 5.74) is -0.0852. The number of carbonyl (C=O) groups is 1. The summed E-state index contributed by atoms with van der Waals surface area (Å²) in [5, 5.41) is 19.6. The van der Waals surface area contributed by atoms with Crippen LogP contribution in [0.1, 0.15) is 16.2 Å². The summed E-state index contributed by atoms with van der Waals surface area (Å²) in [6.07, 6.45) is 2.06. The van der Waals surface area contributed by atoms with Gasteiger partial charge in [0.1, 0.15) is 23.7 Å². The quantitative estimate of drug-likeness (QED) is 0.849. The number of nitrogens with one attached hydrogen (secondary N) is 1. The van der Waals surface area contributed by atoms with E-state index in [4.69, 9.17) is 0 Å². The molecular weight excluding hydrogens is 251 g/mol. The molecule has 0 saturated heterocycles. The number of halogens is 1. The van der Waals surface area contributed by atoms with Crippen LogP contribution in [0.15, 0.2) is 24.5 Å². The molecular formula is C12H13FN4O2. The second-order valence-electron chi connectivity index (χ2n) is 4.03. The van der Waals surface area contributed by atoms with Crippen molar-refractivity contribution in [2.75, 3.05) is 6.54 Å². The Hall–Kier alpha value is -2.44. The molecule has 0 saturated carbocycles. The Labute approximate surface area is 108 Å². The number of nitrogens with zero attached hydrogens (tertiary/aromatic N) is 3. The molecule has 0 aliphatic carbocycles. The van der Waals surface area contributed by atoms with Crippen LogP contribution in [0.25, 0.3) is 0 Å². The zero-order valence-corrected chi connectivity index (χ0v) is 10.3. The van der Waals surface area contributed by atoms with Crippen molar-refractivity contribution in [3.05, 3.63) is 41.7 Å². The molecule has 0 radical (unpaired) electrons. The molecule has 1 aromatic heterocycles. The van der Waals surface area contributed by atoms with Crippen LogP contribution in [0.4, 0.5) is 4.39 Å². The summed E-state index contributed by atoms with van der Waals surface area (Å²) in [6.45, 7) is 0.321. The van der Waals surface area contributed by atoms with Crippen molar-refractivity contribution in [2.45, 2.75) is 6.42 Å². The predicted molar refractivity (Wildman–Crippen MR) is 65.1 cm³/mol. The van der Waals surface area contributed by atoms with Crippen molar-refractivity contribution < 1.29 is 14.3 Å². The number of aromatic nitrogens is 3. The first-order chi connectivity index (χ1) is 9.08. The van der Waals surface area contributed by atoms with Gasteiger partial charge in [0.2, 0.25) is 0 Å². The van der Waals surface area contributed by atoms with E-state index in [0.29, 0.717) is 13.0 Å². The van der Waals surface area contributed by atoms with Crippen molar-refractivity contribution >= 4 is 5.91 Å². The highest BCUT2D eigenvalue weighted by molar-refractivity contribution is 5.96. The Morgan fingerprint density at radius 2 is 2.32 bits per heavy atom. The number of hydrogen-bond donors (Lipinski definition) is 2. The van der Waals surface area contributed by atoms with Gasteiger partial charge in [0, 0.05) is 20.0 Å². The lowest BCUT2D eigenvalue weighted by Crippen LogP contribution is -2.26. The number of phenolic OH excluding ortho intramolecular Hbond substituents is 1. The van der Waals surface area contributed by atoms with Crippen LogP contribution in [-0.2, 0) is 13.5 Å². The molecule has 0 spiro atoms. The van der Waals surface area contributed by atoms with Gasteiger partial charge in [0.25, 0.3) is 5.91 Å². The molecule has 0 bridgehead atoms. The largest absolute Gasteiger partial charge is 0.507 e. The highest BCUT2D eigenvalue weighted by atomic mass is 19.1. The van der Waals surface area contributed by atoms with Crippen molar-refractivity contribution in [2.24, 2.45) is 7.05 Å². The lowest BCUT2D eigenvalue weighted by atomic mass is 10.2. The van der Waals surface area contributed by atoms with Gasteiger partial charge in [-0.25, -0.2) is 4.39 Å². The third-order valence-electron chi connectivity index (χ3n) is 2.64. The van der Waals surface area contributed by atoms with E-state index in [0.717, 1.165) is 24.0 Å². The van der Waals surface area contributed by atoms with Gasteiger partial charge in [0.15, 0.2) is 0 Å². The van der Waals surface area contributed by atoms with E-state index in [1.165, 1.54) is 0 Å². The van der Waals surface area contributed by atoms with Crippen LogP contribution in [0.5, 0.6) is 5.75 Å². The lowest BCUT2D eigenvalue weighted by molar-refractivity contribution is 0.0950. The smallest absolute Gasteiger partial charge is 0.255 e. The molecule has 2 aromatic rings. The fourth-order valence-corrected chi connectivity index (χ4v) is 1.61. The van der Waals surface area contributed by atoms with Gasteiger partial charge in [-0.15, -0.1) is 10.2 Å². The Balaban J connectivity index is 1.94. The maximum absolute atomic E-state index is 13.0. The molecule has 1 heterocycles. The summed E-state index contributed by atoms with van der Waals surface area (Å²) in [6, 6.07) is 3.23. The number of hydrogen-bond acceptors (Lipinski definition) is 4. The Bertz CT molecular complexity index is 597. The molecule has 0 aliphatic heterocycles. The van der Waals surface area contributed by atoms with Crippen LogP contribution < -0.4 is 5.32 Å². The van der Waals surface area contributed by atoms with Gasteiger partial charge < -0.3 is 15.0 Å². The third-order valence-corrected chi connectivity index (χ3v) is 2.64. The highest BCUT2D eigenvalue weighted by Crippen LogP contribution is 2.17. The monoisotopic (exact) mass is 264 g/mol. The van der Waals surface area contributed by atoms with E-state index in [1.54, 1.807) is 17.9 Å². The average molecular weight is 264 g/mol. The topological polar surface area (TPSA) is 80.0 Å². The van der Waals surface area contributed by atoms with Gasteiger partial charge in [-0.1, -0.05) is 0 Å². The number of carbonyl (C=O) groups excluding carboxylic acids is 1. The second kappa shape index (κ2) is 5.47. The molecule has 0 atom stereocenters. The number of aryl methyl sites for hydroxylation is 1. The fraction of sp³-hybridized carbons (Fsp3) is 0.250. The van der Waals surface area contributed by atoms with Crippen LogP contribution in [0.2, 0.25) is 0 Å². The molecule has 19 heavy (non-hydrogen) atoms. The second-order valence-corrected chi connectivity index (χ2v) is 4.03. The van der Waals surface area contributed by atoms with E-state index in [2.05, 4.69) is 15.5 Å². The molecule has 6 nitrogen and oxygen atoms in total. The molecule has 0 fully saturated rings. The molecule has 0 unspecified atom stereocenters. The van der Waals surface area contributed by atoms with Crippen molar-refractivity contribution in [3.8, 4) is 5.75 Å². The van der Waals surface area contributed by atoms with Gasteiger partial charge in [-0.05, 0) is 18.2 Å². The summed E-state index contributed by atoms with van der Waals surface area (Å²) in [7, 11) is 1.80. The van der Waals surface area contributed by atoms with E-state index in [-0.39, 0.29) is 11.3 Å². The zero-order chi connectivity index (χ0) is 13.8. The van der Waals surface area contributed by atoms with Gasteiger partial charge in [0.05, 0.1) is 5.56 Å². The average Bonchev–Trinajstić information content (AvgIpc) is 2.78. The minimum Gasteiger partial charge on any atom is -0.507 e. The van der Waals surface area contributed by atoms with Crippen LogP contribution >= 0.6 is 0 Å². The van der Waals surface area contributed by atoms with Crippen LogP contribution in [0.3, 0.4) is 0 Å². The zero-order valence-electron chi connectivity index (χ0n) is 10.3. The van der Waals surface area contributed by atoms with E-state index < -0.39 is 11.7 Å². The van der Waals surface area contributed by atoms with Gasteiger partial charge in [-0.3, -0.25) is 4.79 Å². The number of rotatable bonds is 4. The number of benzene rings is 1. The number of aromatic hydroxyl groups is 1. The Kier molecular flexibility index (Phi) is 3.74. The van der Waals surface area contributed by atoms with Crippen molar-refractivity contribution in [1.29, 1.82) is 0 Å². The normalized spacial score (nSPS) is 10.4. The Morgan fingerprint density at radius 1 is 1.53 bits per heavy atom. The summed E-state index contributed by atoms with van der Waals surface area (Å²) in [5.74, 6) is -0.628. The SMILES string of the molecule is Cn1cnnc1CCNC(=O)c1cc(F)ccc1O. The molecule has 2 rings (SSSR count). The van der Waals surface area contributed by atoms with Crippen LogP contribution in [-0.4, -0.2) is 32.3 Å². The first kappa shape index (κ1) is 13.0. The Morgan fingerprint density at radius 3 is 3.00 bits per heavy atom. The minimum absolute atomic E-state index is 0.0852. The van der Waals surface area contributed by atoms with Gasteiger partial charge >= 0.3 is 0 Å². The maximum atomic E-state index is 13.0. The first-order valence-corrected chi connectivity index (χ1v) is 5.67. The fourth-order valence-electron chi connectivity index (χ4n) is 1.61. The van der Waals surface area contributed by atoms with Gasteiger partial charge in [-0.2, -0.15) is 0 Å². The maximum Gasteiger partial charge on any atom is 0.255 e. The van der Waals surface area contributed by atoms with Crippen LogP contribution in [0, 0.1) is 5.82 Å². The molecule has 1 amide bonds. The predicted octanol–water partition coefficient (Wildman–Crippen LogP) is 0.632. The molecule has 0 aliphatic rings. The van der Waals surface area contributed by atoms with Crippen molar-refractivity contribution in [1.82, 2.24) is 20.1 Å². The third kappa shape index (κ3) is 3.06. The molecule has 7 heteroatoms. The number of phenols is 1. The lowest BCUT2D eigenvalue weighted by Gasteiger charge is -2.06. The highest BCUT2D eigenvalue weighted by Gasteiger charge is 2.12. The van der Waals surface area contributed by atoms with E-state index in [9.17, 15) is 14.3 Å².